The van der Waals surface area contributed by atoms with Crippen LogP contribution in [-0.4, -0.2) is 48.8 Å². The molecule has 0 spiro atoms. The molecule has 5 rings (SSSR count). The number of oxazole rings is 1. The summed E-state index contributed by atoms with van der Waals surface area (Å²) in [4.78, 5) is 19.1. The molecule has 7 heteroatoms. The van der Waals surface area contributed by atoms with E-state index in [0.29, 0.717) is 24.8 Å². The van der Waals surface area contributed by atoms with Gasteiger partial charge in [0.2, 0.25) is 5.89 Å². The van der Waals surface area contributed by atoms with Crippen molar-refractivity contribution >= 4 is 5.97 Å². The summed E-state index contributed by atoms with van der Waals surface area (Å²) < 4.78 is 22.9. The molecule has 196 valence electrons. The highest BCUT2D eigenvalue weighted by atomic mass is 16.6. The number of hydrogen-bond acceptors (Lipinski definition) is 7. The van der Waals surface area contributed by atoms with E-state index in [9.17, 15) is 4.79 Å². The van der Waals surface area contributed by atoms with E-state index in [1.54, 1.807) is 14.0 Å². The Morgan fingerprint density at radius 3 is 2.45 bits per heavy atom. The standard InChI is InChI=1S/C31H32N2O5/c1-3-36-28(34)21-37-25-16-10-11-22(17-25)19-33-20-26(35-2)18-27(33)31-32-29(23-12-6-4-7-13-23)30(38-31)24-14-8-5-9-15-24/h4-17,26-27H,3,18-21H2,1-2H3/t26-,27-/m0/s1. The van der Waals surface area contributed by atoms with Crippen LogP contribution in [0.2, 0.25) is 0 Å². The van der Waals surface area contributed by atoms with Gasteiger partial charge in [-0.25, -0.2) is 9.78 Å². The molecule has 1 saturated heterocycles. The summed E-state index contributed by atoms with van der Waals surface area (Å²) in [6, 6.07) is 28.0. The first kappa shape index (κ1) is 25.7. The molecule has 1 aliphatic rings. The predicted octanol–water partition coefficient (Wildman–Crippen LogP) is 5.91. The first-order valence-electron chi connectivity index (χ1n) is 12.9. The highest BCUT2D eigenvalue weighted by molar-refractivity contribution is 5.76. The lowest BCUT2D eigenvalue weighted by Gasteiger charge is -2.22. The van der Waals surface area contributed by atoms with E-state index in [2.05, 4.69) is 23.1 Å². The van der Waals surface area contributed by atoms with Crippen molar-refractivity contribution in [2.75, 3.05) is 26.9 Å². The van der Waals surface area contributed by atoms with E-state index < -0.39 is 0 Å². The van der Waals surface area contributed by atoms with Gasteiger partial charge < -0.3 is 18.6 Å². The minimum Gasteiger partial charge on any atom is -0.482 e. The van der Waals surface area contributed by atoms with Crippen molar-refractivity contribution < 1.29 is 23.4 Å². The van der Waals surface area contributed by atoms with E-state index in [-0.39, 0.29) is 24.7 Å². The number of carbonyl (C=O) groups excluding carboxylic acids is 1. The predicted molar refractivity (Wildman–Crippen MR) is 145 cm³/mol. The van der Waals surface area contributed by atoms with Gasteiger partial charge in [0.15, 0.2) is 12.4 Å². The number of aromatic nitrogens is 1. The summed E-state index contributed by atoms with van der Waals surface area (Å²) in [6.45, 7) is 3.40. The minimum atomic E-state index is -0.382. The second kappa shape index (κ2) is 12.1. The monoisotopic (exact) mass is 512 g/mol. The van der Waals surface area contributed by atoms with Crippen molar-refractivity contribution in [3.05, 3.63) is 96.4 Å². The summed E-state index contributed by atoms with van der Waals surface area (Å²) in [5.41, 5.74) is 3.90. The summed E-state index contributed by atoms with van der Waals surface area (Å²) in [5.74, 6) is 1.69. The number of esters is 1. The number of rotatable bonds is 10. The zero-order valence-corrected chi connectivity index (χ0v) is 21.7. The Bertz CT molecular complexity index is 1280. The van der Waals surface area contributed by atoms with Crippen LogP contribution in [0.25, 0.3) is 22.6 Å². The fraction of sp³-hybridized carbons (Fsp3) is 0.290. The zero-order chi connectivity index (χ0) is 26.3. The van der Waals surface area contributed by atoms with Crippen LogP contribution in [0.3, 0.4) is 0 Å². The fourth-order valence-corrected chi connectivity index (χ4v) is 4.83. The van der Waals surface area contributed by atoms with Crippen LogP contribution in [0.4, 0.5) is 0 Å². The van der Waals surface area contributed by atoms with Crippen LogP contribution < -0.4 is 4.74 Å². The van der Waals surface area contributed by atoms with Crippen molar-refractivity contribution in [1.29, 1.82) is 0 Å². The first-order chi connectivity index (χ1) is 18.6. The maximum atomic E-state index is 11.7. The summed E-state index contributed by atoms with van der Waals surface area (Å²) in [6.07, 6.45) is 0.842. The van der Waals surface area contributed by atoms with Gasteiger partial charge in [0, 0.05) is 31.3 Å². The molecule has 2 atom stereocenters. The van der Waals surface area contributed by atoms with Crippen molar-refractivity contribution in [2.45, 2.75) is 32.0 Å². The molecule has 0 saturated carbocycles. The highest BCUT2D eigenvalue weighted by Crippen LogP contribution is 2.40. The molecule has 2 heterocycles. The number of ether oxygens (including phenoxy) is 3. The van der Waals surface area contributed by atoms with Crippen molar-refractivity contribution in [2.24, 2.45) is 0 Å². The van der Waals surface area contributed by atoms with Gasteiger partial charge in [0.05, 0.1) is 18.8 Å². The molecular formula is C31H32N2O5. The molecule has 0 bridgehead atoms. The van der Waals surface area contributed by atoms with Crippen LogP contribution in [-0.2, 0) is 20.8 Å². The lowest BCUT2D eigenvalue weighted by atomic mass is 10.1. The van der Waals surface area contributed by atoms with Crippen molar-refractivity contribution in [1.82, 2.24) is 9.88 Å². The van der Waals surface area contributed by atoms with Crippen molar-refractivity contribution in [3.8, 4) is 28.3 Å². The Hall–Kier alpha value is -3.94. The summed E-state index contributed by atoms with van der Waals surface area (Å²) in [7, 11) is 1.75. The highest BCUT2D eigenvalue weighted by Gasteiger charge is 2.37. The lowest BCUT2D eigenvalue weighted by Crippen LogP contribution is -2.25. The molecular weight excluding hydrogens is 480 g/mol. The van der Waals surface area contributed by atoms with E-state index in [1.165, 1.54) is 0 Å². The quantitative estimate of drug-likeness (QED) is 0.245. The molecule has 3 aromatic carbocycles. The number of likely N-dealkylation sites (tertiary alicyclic amines) is 1. The normalized spacial score (nSPS) is 17.4. The molecule has 0 unspecified atom stereocenters. The molecule has 0 aliphatic carbocycles. The molecule has 38 heavy (non-hydrogen) atoms. The largest absolute Gasteiger partial charge is 0.482 e. The minimum absolute atomic E-state index is 0.0519. The molecule has 1 aromatic heterocycles. The number of methoxy groups -OCH3 is 1. The first-order valence-corrected chi connectivity index (χ1v) is 12.9. The van der Waals surface area contributed by atoms with Gasteiger partial charge in [-0.05, 0) is 31.0 Å². The van der Waals surface area contributed by atoms with Crippen LogP contribution >= 0.6 is 0 Å². The Kier molecular flexibility index (Phi) is 8.16. The van der Waals surface area contributed by atoms with E-state index in [4.69, 9.17) is 23.6 Å². The maximum Gasteiger partial charge on any atom is 0.344 e. The third kappa shape index (κ3) is 5.96. The number of benzene rings is 3. The third-order valence-corrected chi connectivity index (χ3v) is 6.66. The number of carbonyl (C=O) groups is 1. The molecule has 0 amide bonds. The smallest absolute Gasteiger partial charge is 0.344 e. The van der Waals surface area contributed by atoms with Gasteiger partial charge >= 0.3 is 5.97 Å². The Labute approximate surface area is 223 Å². The molecule has 7 nitrogen and oxygen atoms in total. The van der Waals surface area contributed by atoms with Crippen LogP contribution in [0.5, 0.6) is 5.75 Å². The van der Waals surface area contributed by atoms with Crippen LogP contribution in [0.15, 0.2) is 89.3 Å². The molecule has 4 aromatic rings. The SMILES string of the molecule is CCOC(=O)COc1cccc(CN2C[C@@H](OC)C[C@H]2c2nc(-c3ccccc3)c(-c3ccccc3)o2)c1. The topological polar surface area (TPSA) is 74.0 Å². The van der Waals surface area contributed by atoms with Gasteiger partial charge in [-0.15, -0.1) is 0 Å². The second-order valence-electron chi connectivity index (χ2n) is 9.24. The van der Waals surface area contributed by atoms with Gasteiger partial charge in [-0.2, -0.15) is 0 Å². The van der Waals surface area contributed by atoms with E-state index in [0.717, 1.165) is 41.1 Å². The van der Waals surface area contributed by atoms with Crippen LogP contribution in [0, 0.1) is 0 Å². The lowest BCUT2D eigenvalue weighted by molar-refractivity contribution is -0.145. The van der Waals surface area contributed by atoms with E-state index in [1.807, 2.05) is 66.7 Å². The average molecular weight is 513 g/mol. The second-order valence-corrected chi connectivity index (χ2v) is 9.24. The fourth-order valence-electron chi connectivity index (χ4n) is 4.83. The van der Waals surface area contributed by atoms with Gasteiger partial charge in [-0.3, -0.25) is 4.90 Å². The third-order valence-electron chi connectivity index (χ3n) is 6.66. The zero-order valence-electron chi connectivity index (χ0n) is 21.7. The van der Waals surface area contributed by atoms with Gasteiger partial charge in [0.25, 0.3) is 0 Å². The Balaban J connectivity index is 1.42. The summed E-state index contributed by atoms with van der Waals surface area (Å²) >= 11 is 0. The van der Waals surface area contributed by atoms with Gasteiger partial charge in [-0.1, -0.05) is 72.8 Å². The Morgan fingerprint density at radius 2 is 1.74 bits per heavy atom. The van der Waals surface area contributed by atoms with Crippen LogP contribution in [0.1, 0.15) is 30.8 Å². The molecule has 0 N–H and O–H groups in total. The molecule has 1 fully saturated rings. The molecule has 0 radical (unpaired) electrons. The average Bonchev–Trinajstić information content (AvgIpc) is 3.58. The summed E-state index contributed by atoms with van der Waals surface area (Å²) in [5, 5.41) is 0. The number of hydrogen-bond donors (Lipinski definition) is 0. The molecule has 1 aliphatic heterocycles. The maximum absolute atomic E-state index is 11.7. The Morgan fingerprint density at radius 1 is 1.00 bits per heavy atom. The van der Waals surface area contributed by atoms with E-state index >= 15 is 0 Å². The number of nitrogens with zero attached hydrogens (tertiary/aromatic N) is 2. The van der Waals surface area contributed by atoms with Gasteiger partial charge in [0.1, 0.15) is 11.4 Å². The van der Waals surface area contributed by atoms with Crippen molar-refractivity contribution in [3.63, 3.8) is 0 Å².